The second kappa shape index (κ2) is 13.6. The van der Waals surface area contributed by atoms with Gasteiger partial charge in [-0.15, -0.1) is 0 Å². The van der Waals surface area contributed by atoms with E-state index in [1.165, 1.54) is 11.1 Å². The van der Waals surface area contributed by atoms with Gasteiger partial charge < -0.3 is 15.2 Å². The van der Waals surface area contributed by atoms with Crippen molar-refractivity contribution in [1.29, 1.82) is 0 Å². The van der Waals surface area contributed by atoms with E-state index in [1.54, 1.807) is 6.20 Å². The molecule has 35 heavy (non-hydrogen) atoms. The molecule has 1 heterocycles. The molecule has 182 valence electrons. The highest BCUT2D eigenvalue weighted by Gasteiger charge is 2.13. The molecule has 1 aromatic heterocycles. The third kappa shape index (κ3) is 8.20. The molecule has 0 amide bonds. The van der Waals surface area contributed by atoms with Crippen LogP contribution in [0, 0.1) is 0 Å². The van der Waals surface area contributed by atoms with Gasteiger partial charge in [0.25, 0.3) is 0 Å². The minimum Gasteiger partial charge on any atom is -0.490 e. The monoisotopic (exact) mass is 468 g/mol. The van der Waals surface area contributed by atoms with E-state index in [0.29, 0.717) is 12.6 Å². The van der Waals surface area contributed by atoms with Crippen LogP contribution in [0.5, 0.6) is 5.75 Å². The zero-order valence-corrected chi connectivity index (χ0v) is 20.4. The van der Waals surface area contributed by atoms with E-state index in [2.05, 4.69) is 71.0 Å². The number of rotatable bonds is 14. The molecule has 0 saturated carbocycles. The minimum absolute atomic E-state index is 0.252. The van der Waals surface area contributed by atoms with Gasteiger partial charge in [0.2, 0.25) is 0 Å². The average molecular weight is 469 g/mol. The second-order valence-electron chi connectivity index (χ2n) is 9.15. The molecule has 0 saturated heterocycles. The lowest BCUT2D eigenvalue weighted by molar-refractivity contribution is 0.103. The predicted octanol–water partition coefficient (Wildman–Crippen LogP) is 5.98. The fraction of sp³-hybridized carbons (Fsp3) is 0.323. The molecule has 0 bridgehead atoms. The Morgan fingerprint density at radius 2 is 1.40 bits per heavy atom. The van der Waals surface area contributed by atoms with Crippen molar-refractivity contribution in [2.75, 3.05) is 13.2 Å². The number of aliphatic hydroxyl groups excluding tert-OH is 1. The van der Waals surface area contributed by atoms with Gasteiger partial charge in [0.1, 0.15) is 18.5 Å². The van der Waals surface area contributed by atoms with Crippen LogP contribution in [-0.4, -0.2) is 35.4 Å². The molecular weight excluding hydrogens is 432 g/mol. The topological polar surface area (TPSA) is 54.4 Å². The summed E-state index contributed by atoms with van der Waals surface area (Å²) in [7, 11) is 0. The summed E-state index contributed by atoms with van der Waals surface area (Å²) in [5.41, 5.74) is 3.66. The third-order valence-electron chi connectivity index (χ3n) is 6.40. The molecule has 0 spiro atoms. The number of hydrogen-bond donors (Lipinski definition) is 2. The first-order chi connectivity index (χ1) is 17.3. The second-order valence-corrected chi connectivity index (χ2v) is 9.15. The van der Waals surface area contributed by atoms with Crippen LogP contribution in [0.25, 0.3) is 10.9 Å². The maximum Gasteiger partial charge on any atom is 0.128 e. The number of nitrogens with zero attached hydrogens (tertiary/aromatic N) is 1. The number of hydrogen-bond acceptors (Lipinski definition) is 4. The predicted molar refractivity (Wildman–Crippen MR) is 144 cm³/mol. The summed E-state index contributed by atoms with van der Waals surface area (Å²) < 4.78 is 5.96. The van der Waals surface area contributed by atoms with Gasteiger partial charge >= 0.3 is 0 Å². The van der Waals surface area contributed by atoms with Gasteiger partial charge in [0.15, 0.2) is 0 Å². The van der Waals surface area contributed by atoms with Crippen LogP contribution >= 0.6 is 0 Å². The summed E-state index contributed by atoms with van der Waals surface area (Å²) in [4.78, 5) is 4.37. The number of fused-ring (bicyclic) bond motifs is 1. The van der Waals surface area contributed by atoms with E-state index in [9.17, 15) is 5.11 Å². The zero-order chi connectivity index (χ0) is 24.1. The van der Waals surface area contributed by atoms with Gasteiger partial charge in [-0.25, -0.2) is 0 Å². The number of pyridine rings is 1. The Balaban J connectivity index is 1.26. The molecule has 4 rings (SSSR count). The zero-order valence-electron chi connectivity index (χ0n) is 20.4. The first-order valence-corrected chi connectivity index (χ1v) is 12.7. The van der Waals surface area contributed by atoms with Crippen LogP contribution < -0.4 is 10.1 Å². The lowest BCUT2D eigenvalue weighted by Gasteiger charge is -2.21. The van der Waals surface area contributed by atoms with E-state index in [0.717, 1.165) is 55.2 Å². The highest BCUT2D eigenvalue weighted by Crippen LogP contribution is 2.23. The average Bonchev–Trinajstić information content (AvgIpc) is 2.91. The van der Waals surface area contributed by atoms with E-state index < -0.39 is 6.10 Å². The Bertz CT molecular complexity index is 1080. The van der Waals surface area contributed by atoms with Crippen molar-refractivity contribution in [3.05, 3.63) is 108 Å². The maximum absolute atomic E-state index is 10.6. The number of nitrogens with one attached hydrogen (secondary N) is 1. The molecule has 1 atom stereocenters. The van der Waals surface area contributed by atoms with E-state index >= 15 is 0 Å². The van der Waals surface area contributed by atoms with Crippen molar-refractivity contribution in [3.8, 4) is 5.75 Å². The van der Waals surface area contributed by atoms with E-state index in [4.69, 9.17) is 4.74 Å². The largest absolute Gasteiger partial charge is 0.490 e. The summed E-state index contributed by atoms with van der Waals surface area (Å²) in [6, 6.07) is 31.4. The molecule has 3 aromatic carbocycles. The van der Waals surface area contributed by atoms with Crippen LogP contribution in [0.1, 0.15) is 36.8 Å². The van der Waals surface area contributed by atoms with Crippen LogP contribution in [0.2, 0.25) is 0 Å². The van der Waals surface area contributed by atoms with E-state index in [1.807, 2.05) is 30.3 Å². The molecule has 0 aliphatic carbocycles. The van der Waals surface area contributed by atoms with Crippen LogP contribution in [0.4, 0.5) is 0 Å². The summed E-state index contributed by atoms with van der Waals surface area (Å²) >= 11 is 0. The van der Waals surface area contributed by atoms with Gasteiger partial charge in [-0.05, 0) is 73.9 Å². The van der Waals surface area contributed by atoms with Crippen LogP contribution in [0.15, 0.2) is 97.2 Å². The first kappa shape index (κ1) is 24.9. The molecule has 0 unspecified atom stereocenters. The molecule has 0 radical (unpaired) electrons. The number of ether oxygens (including phenoxy) is 1. The van der Waals surface area contributed by atoms with Crippen molar-refractivity contribution < 1.29 is 9.84 Å². The van der Waals surface area contributed by atoms with Gasteiger partial charge in [-0.1, -0.05) is 66.7 Å². The van der Waals surface area contributed by atoms with Gasteiger partial charge in [-0.2, -0.15) is 0 Å². The minimum atomic E-state index is -0.576. The SMILES string of the molecule is O[C@H](CNC(CCCc1ccccc1)CCCc1ccccc1)COc1cccc2ncccc12. The summed E-state index contributed by atoms with van der Waals surface area (Å²) in [6.07, 6.45) is 7.80. The van der Waals surface area contributed by atoms with Gasteiger partial charge in [-0.3, -0.25) is 4.98 Å². The highest BCUT2D eigenvalue weighted by atomic mass is 16.5. The van der Waals surface area contributed by atoms with Gasteiger partial charge in [0.05, 0.1) is 5.52 Å². The Hall–Kier alpha value is -3.21. The molecular formula is C31H36N2O2. The smallest absolute Gasteiger partial charge is 0.128 e. The molecule has 4 heteroatoms. The van der Waals surface area contributed by atoms with Crippen molar-refractivity contribution in [1.82, 2.24) is 10.3 Å². The lowest BCUT2D eigenvalue weighted by atomic mass is 9.99. The van der Waals surface area contributed by atoms with Crippen molar-refractivity contribution >= 4 is 10.9 Å². The molecule has 0 fully saturated rings. The first-order valence-electron chi connectivity index (χ1n) is 12.7. The normalized spacial score (nSPS) is 12.2. The number of aliphatic hydroxyl groups is 1. The highest BCUT2D eigenvalue weighted by molar-refractivity contribution is 5.84. The molecule has 0 aliphatic heterocycles. The van der Waals surface area contributed by atoms with Crippen LogP contribution in [0.3, 0.4) is 0 Å². The van der Waals surface area contributed by atoms with Crippen molar-refractivity contribution in [2.24, 2.45) is 0 Å². The Morgan fingerprint density at radius 1 is 0.743 bits per heavy atom. The molecule has 4 nitrogen and oxygen atoms in total. The fourth-order valence-corrected chi connectivity index (χ4v) is 4.49. The van der Waals surface area contributed by atoms with Gasteiger partial charge in [0, 0.05) is 24.2 Å². The van der Waals surface area contributed by atoms with E-state index in [-0.39, 0.29) is 6.61 Å². The van der Waals surface area contributed by atoms with Crippen molar-refractivity contribution in [2.45, 2.75) is 50.7 Å². The Labute approximate surface area is 209 Å². The van der Waals surface area contributed by atoms with Crippen molar-refractivity contribution in [3.63, 3.8) is 0 Å². The molecule has 4 aromatic rings. The lowest BCUT2D eigenvalue weighted by Crippen LogP contribution is -2.38. The summed E-state index contributed by atoms with van der Waals surface area (Å²) in [5.74, 6) is 0.761. The standard InChI is InChI=1S/C31H36N2O2/c34-28(24-35-31-21-9-20-30-29(31)19-10-22-32-30)23-33-27(17-7-15-25-11-3-1-4-12-25)18-8-16-26-13-5-2-6-14-26/h1-6,9-14,19-22,27-28,33-34H,7-8,15-18,23-24H2/t28-/m1/s1. The maximum atomic E-state index is 10.6. The number of aryl methyl sites for hydroxylation is 2. The number of benzene rings is 3. The quantitative estimate of drug-likeness (QED) is 0.239. The fourth-order valence-electron chi connectivity index (χ4n) is 4.49. The molecule has 0 aliphatic rings. The van der Waals surface area contributed by atoms with Crippen LogP contribution in [-0.2, 0) is 12.8 Å². The summed E-state index contributed by atoms with van der Waals surface area (Å²) in [6.45, 7) is 0.770. The summed E-state index contributed by atoms with van der Waals surface area (Å²) in [5, 5.41) is 15.2. The third-order valence-corrected chi connectivity index (χ3v) is 6.40. The Kier molecular flexibility index (Phi) is 9.69. The number of aromatic nitrogens is 1. The molecule has 2 N–H and O–H groups in total. The Morgan fingerprint density at radius 3 is 2.06 bits per heavy atom.